The fourth-order valence-electron chi connectivity index (χ4n) is 1.73. The summed E-state index contributed by atoms with van der Waals surface area (Å²) in [5.41, 5.74) is 0.543. The topological polar surface area (TPSA) is 42.2 Å². The number of rotatable bonds is 3. The molecule has 0 spiro atoms. The average Bonchev–Trinajstić information content (AvgIpc) is 2.75. The van der Waals surface area contributed by atoms with Gasteiger partial charge in [-0.3, -0.25) is 4.79 Å². The van der Waals surface area contributed by atoms with Gasteiger partial charge in [0.15, 0.2) is 0 Å². The normalized spacial score (nSPS) is 12.2. The van der Waals surface area contributed by atoms with E-state index in [2.05, 4.69) is 33.9 Å². The number of aryl methyl sites for hydroxylation is 1. The van der Waals surface area contributed by atoms with Gasteiger partial charge in [-0.1, -0.05) is 15.9 Å². The lowest BCUT2D eigenvalue weighted by molar-refractivity contribution is 0.0932. The number of hydrogen-bond donors (Lipinski definition) is 2. The highest BCUT2D eigenvalue weighted by molar-refractivity contribution is 9.10. The fraction of sp³-hybridized carbons (Fsp3) is 0.214. The second kappa shape index (κ2) is 5.84. The summed E-state index contributed by atoms with van der Waals surface area (Å²) in [5.74, 6) is 1.40. The van der Waals surface area contributed by atoms with Crippen LogP contribution < -0.4 is 5.32 Å². The van der Waals surface area contributed by atoms with E-state index in [1.54, 1.807) is 12.1 Å². The molecule has 1 unspecified atom stereocenters. The number of nitrogens with one attached hydrogen (secondary N) is 1. The standard InChI is InChI=1S/C14H14BrNO2S/c1-8-3-6-12(18-8)9(2)16-14(17)11-5-4-10(15)7-13(11)19/h3-7,9,19H,1-2H3,(H,16,17). The molecule has 0 aliphatic carbocycles. The molecule has 0 saturated carbocycles. The van der Waals surface area contributed by atoms with E-state index in [4.69, 9.17) is 4.42 Å². The first kappa shape index (κ1) is 14.2. The maximum atomic E-state index is 12.2. The van der Waals surface area contributed by atoms with E-state index in [1.165, 1.54) is 0 Å². The Labute approximate surface area is 125 Å². The SMILES string of the molecule is Cc1ccc(C(C)NC(=O)c2ccc(Br)cc2S)o1. The molecule has 2 aromatic rings. The van der Waals surface area contributed by atoms with Crippen LogP contribution in [0.3, 0.4) is 0 Å². The largest absolute Gasteiger partial charge is 0.464 e. The Morgan fingerprint density at radius 1 is 1.37 bits per heavy atom. The Bertz CT molecular complexity index is 609. The summed E-state index contributed by atoms with van der Waals surface area (Å²) >= 11 is 7.65. The molecule has 0 saturated heterocycles. The maximum absolute atomic E-state index is 12.2. The molecule has 1 N–H and O–H groups in total. The number of halogens is 1. The third-order valence-electron chi connectivity index (χ3n) is 2.74. The molecule has 100 valence electrons. The van der Waals surface area contributed by atoms with Gasteiger partial charge in [0.2, 0.25) is 0 Å². The zero-order chi connectivity index (χ0) is 14.0. The lowest BCUT2D eigenvalue weighted by Crippen LogP contribution is -2.26. The highest BCUT2D eigenvalue weighted by atomic mass is 79.9. The Kier molecular flexibility index (Phi) is 4.37. The van der Waals surface area contributed by atoms with Crippen molar-refractivity contribution in [2.75, 3.05) is 0 Å². The molecule has 1 aromatic heterocycles. The predicted molar refractivity (Wildman–Crippen MR) is 80.7 cm³/mol. The molecule has 1 amide bonds. The van der Waals surface area contributed by atoms with Crippen molar-refractivity contribution in [3.63, 3.8) is 0 Å². The minimum Gasteiger partial charge on any atom is -0.464 e. The predicted octanol–water partition coefficient (Wildman–Crippen LogP) is 4.13. The van der Waals surface area contributed by atoms with E-state index < -0.39 is 0 Å². The first-order chi connectivity index (χ1) is 8.97. The Morgan fingerprint density at radius 3 is 2.68 bits per heavy atom. The van der Waals surface area contributed by atoms with Crippen molar-refractivity contribution < 1.29 is 9.21 Å². The molecule has 1 heterocycles. The first-order valence-electron chi connectivity index (χ1n) is 5.83. The van der Waals surface area contributed by atoms with E-state index in [0.717, 1.165) is 16.0 Å². The zero-order valence-electron chi connectivity index (χ0n) is 10.6. The molecule has 2 rings (SSSR count). The van der Waals surface area contributed by atoms with Gasteiger partial charge in [0.25, 0.3) is 5.91 Å². The van der Waals surface area contributed by atoms with Crippen LogP contribution in [-0.2, 0) is 0 Å². The van der Waals surface area contributed by atoms with E-state index >= 15 is 0 Å². The molecule has 0 bridgehead atoms. The van der Waals surface area contributed by atoms with Crippen molar-refractivity contribution in [3.05, 3.63) is 51.9 Å². The number of thiol groups is 1. The fourth-order valence-corrected chi connectivity index (χ4v) is 2.58. The Hall–Kier alpha value is -1.20. The lowest BCUT2D eigenvalue weighted by Gasteiger charge is -2.12. The van der Waals surface area contributed by atoms with Gasteiger partial charge in [-0.15, -0.1) is 12.6 Å². The number of amides is 1. The molecular weight excluding hydrogens is 326 g/mol. The van der Waals surface area contributed by atoms with Crippen LogP contribution in [0, 0.1) is 6.92 Å². The van der Waals surface area contributed by atoms with Gasteiger partial charge in [0, 0.05) is 9.37 Å². The van der Waals surface area contributed by atoms with Gasteiger partial charge in [-0.05, 0) is 44.2 Å². The van der Waals surface area contributed by atoms with Crippen molar-refractivity contribution in [2.45, 2.75) is 24.8 Å². The number of hydrogen-bond acceptors (Lipinski definition) is 3. The van der Waals surface area contributed by atoms with Crippen molar-refractivity contribution in [1.29, 1.82) is 0 Å². The second-order valence-electron chi connectivity index (χ2n) is 4.31. The first-order valence-corrected chi connectivity index (χ1v) is 7.07. The molecule has 3 nitrogen and oxygen atoms in total. The average molecular weight is 340 g/mol. The maximum Gasteiger partial charge on any atom is 0.252 e. The lowest BCUT2D eigenvalue weighted by atomic mass is 10.2. The number of carbonyl (C=O) groups is 1. The molecule has 5 heteroatoms. The third kappa shape index (κ3) is 3.42. The van der Waals surface area contributed by atoms with Crippen LogP contribution in [-0.4, -0.2) is 5.91 Å². The summed E-state index contributed by atoms with van der Waals surface area (Å²) < 4.78 is 6.38. The third-order valence-corrected chi connectivity index (χ3v) is 3.60. The van der Waals surface area contributed by atoms with Crippen molar-refractivity contribution >= 4 is 34.5 Å². The van der Waals surface area contributed by atoms with Crippen LogP contribution in [0.25, 0.3) is 0 Å². The van der Waals surface area contributed by atoms with Crippen LogP contribution in [0.1, 0.15) is 34.8 Å². The van der Waals surface area contributed by atoms with Gasteiger partial charge in [-0.2, -0.15) is 0 Å². The van der Waals surface area contributed by atoms with E-state index in [-0.39, 0.29) is 11.9 Å². The Balaban J connectivity index is 2.12. The minimum absolute atomic E-state index is 0.168. The summed E-state index contributed by atoms with van der Waals surface area (Å²) in [5, 5.41) is 2.89. The zero-order valence-corrected chi connectivity index (χ0v) is 13.1. The number of carbonyl (C=O) groups excluding carboxylic acids is 1. The van der Waals surface area contributed by atoms with Crippen LogP contribution in [0.2, 0.25) is 0 Å². The van der Waals surface area contributed by atoms with E-state index in [9.17, 15) is 4.79 Å². The molecule has 19 heavy (non-hydrogen) atoms. The second-order valence-corrected chi connectivity index (χ2v) is 5.70. The van der Waals surface area contributed by atoms with Gasteiger partial charge in [-0.25, -0.2) is 0 Å². The monoisotopic (exact) mass is 339 g/mol. The van der Waals surface area contributed by atoms with Gasteiger partial charge < -0.3 is 9.73 Å². The smallest absolute Gasteiger partial charge is 0.252 e. The summed E-state index contributed by atoms with van der Waals surface area (Å²) in [6.07, 6.45) is 0. The molecule has 0 radical (unpaired) electrons. The molecular formula is C14H14BrNO2S. The molecule has 1 aromatic carbocycles. The van der Waals surface area contributed by atoms with E-state index in [1.807, 2.05) is 32.0 Å². The van der Waals surface area contributed by atoms with Crippen molar-refractivity contribution in [1.82, 2.24) is 5.32 Å². The molecule has 0 aliphatic rings. The van der Waals surface area contributed by atoms with E-state index in [0.29, 0.717) is 10.5 Å². The summed E-state index contributed by atoms with van der Waals surface area (Å²) in [6.45, 7) is 3.76. The van der Waals surface area contributed by atoms with Gasteiger partial charge >= 0.3 is 0 Å². The van der Waals surface area contributed by atoms with Crippen LogP contribution in [0.5, 0.6) is 0 Å². The highest BCUT2D eigenvalue weighted by Crippen LogP contribution is 2.21. The summed E-state index contributed by atoms with van der Waals surface area (Å²) in [6, 6.07) is 8.90. The van der Waals surface area contributed by atoms with Crippen LogP contribution >= 0.6 is 28.6 Å². The molecule has 0 fully saturated rings. The minimum atomic E-state index is -0.183. The number of benzene rings is 1. The van der Waals surface area contributed by atoms with Crippen molar-refractivity contribution in [3.8, 4) is 0 Å². The number of furan rings is 1. The van der Waals surface area contributed by atoms with Gasteiger partial charge in [0.1, 0.15) is 11.5 Å². The van der Waals surface area contributed by atoms with Gasteiger partial charge in [0.05, 0.1) is 11.6 Å². The highest BCUT2D eigenvalue weighted by Gasteiger charge is 2.15. The summed E-state index contributed by atoms with van der Waals surface area (Å²) in [7, 11) is 0. The molecule has 1 atom stereocenters. The summed E-state index contributed by atoms with van der Waals surface area (Å²) in [4.78, 5) is 12.8. The van der Waals surface area contributed by atoms with Crippen molar-refractivity contribution in [2.24, 2.45) is 0 Å². The molecule has 0 aliphatic heterocycles. The van der Waals surface area contributed by atoms with Crippen LogP contribution in [0.4, 0.5) is 0 Å². The van der Waals surface area contributed by atoms with Crippen LogP contribution in [0.15, 0.2) is 44.1 Å². The Morgan fingerprint density at radius 2 is 2.11 bits per heavy atom. The quantitative estimate of drug-likeness (QED) is 0.825.